The first kappa shape index (κ1) is 15.8. The molecule has 1 aromatic carbocycles. The summed E-state index contributed by atoms with van der Waals surface area (Å²) in [6.45, 7) is 3.05. The molecular weight excluding hydrogens is 318 g/mol. The third kappa shape index (κ3) is 3.02. The zero-order valence-electron chi connectivity index (χ0n) is 14.1. The lowest BCUT2D eigenvalue weighted by Crippen LogP contribution is -2.32. The lowest BCUT2D eigenvalue weighted by atomic mass is 10.1. The molecule has 4 rings (SSSR count). The van der Waals surface area contributed by atoms with E-state index in [0.29, 0.717) is 31.5 Å². The number of aryl methyl sites for hydroxylation is 1. The number of nitrogens with one attached hydrogen (secondary N) is 1. The molecular formula is C18H21N5O2. The van der Waals surface area contributed by atoms with Gasteiger partial charge in [0.15, 0.2) is 0 Å². The van der Waals surface area contributed by atoms with Crippen LogP contribution in [0.5, 0.6) is 0 Å². The van der Waals surface area contributed by atoms with Crippen LogP contribution in [0.3, 0.4) is 0 Å². The number of aromatic amines is 1. The minimum atomic E-state index is -0.482. The number of fused-ring (bicyclic) bond motifs is 1. The number of amides is 1. The number of H-pyrrole nitrogens is 1. The van der Waals surface area contributed by atoms with Gasteiger partial charge in [0.05, 0.1) is 29.5 Å². The van der Waals surface area contributed by atoms with E-state index in [1.54, 1.807) is 12.5 Å². The average molecular weight is 339 g/mol. The second-order valence-electron chi connectivity index (χ2n) is 6.57. The minimum absolute atomic E-state index is 0.00682. The second kappa shape index (κ2) is 6.33. The maximum atomic E-state index is 12.9. The van der Waals surface area contributed by atoms with Gasteiger partial charge in [-0.15, -0.1) is 0 Å². The summed E-state index contributed by atoms with van der Waals surface area (Å²) in [7, 11) is 0. The van der Waals surface area contributed by atoms with Gasteiger partial charge in [-0.1, -0.05) is 0 Å². The Bertz CT molecular complexity index is 886. The summed E-state index contributed by atoms with van der Waals surface area (Å²) < 4.78 is 1.93. The normalized spacial score (nSPS) is 21.4. The standard InChI is InChI=1S/C18H21N5O2/c1-12-20-14-3-2-13(10-15(14)21-12)18(25)22-7-4-16(17(24)5-8-22)23-9-6-19-11-23/h2-3,6,9-11,16-17,24H,4-5,7-8H2,1H3,(H,20,21)/t16-,17-/m0/s1. The van der Waals surface area contributed by atoms with Gasteiger partial charge < -0.3 is 19.6 Å². The molecule has 7 nitrogen and oxygen atoms in total. The number of carbonyl (C=O) groups is 1. The first-order chi connectivity index (χ1) is 12.1. The highest BCUT2D eigenvalue weighted by molar-refractivity contribution is 5.97. The van der Waals surface area contributed by atoms with Crippen molar-refractivity contribution in [3.8, 4) is 0 Å². The number of benzene rings is 1. The fourth-order valence-corrected chi connectivity index (χ4v) is 3.54. The molecule has 2 atom stereocenters. The van der Waals surface area contributed by atoms with Gasteiger partial charge in [-0.25, -0.2) is 9.97 Å². The maximum absolute atomic E-state index is 12.9. The first-order valence-electron chi connectivity index (χ1n) is 8.53. The van der Waals surface area contributed by atoms with Crippen LogP contribution in [0.2, 0.25) is 0 Å². The van der Waals surface area contributed by atoms with Gasteiger partial charge in [0, 0.05) is 31.0 Å². The van der Waals surface area contributed by atoms with Crippen LogP contribution in [0.15, 0.2) is 36.9 Å². The molecule has 130 valence electrons. The van der Waals surface area contributed by atoms with Crippen molar-refractivity contribution >= 4 is 16.9 Å². The molecule has 3 aromatic rings. The van der Waals surface area contributed by atoms with Gasteiger partial charge in [0.1, 0.15) is 5.82 Å². The molecule has 0 aliphatic carbocycles. The molecule has 25 heavy (non-hydrogen) atoms. The zero-order chi connectivity index (χ0) is 17.4. The van der Waals surface area contributed by atoms with Gasteiger partial charge in [-0.3, -0.25) is 4.79 Å². The van der Waals surface area contributed by atoms with E-state index in [-0.39, 0.29) is 11.9 Å². The number of rotatable bonds is 2. The third-order valence-electron chi connectivity index (χ3n) is 4.88. The van der Waals surface area contributed by atoms with Crippen molar-refractivity contribution in [2.45, 2.75) is 31.9 Å². The number of hydrogen-bond donors (Lipinski definition) is 2. The Morgan fingerprint density at radius 1 is 1.32 bits per heavy atom. The smallest absolute Gasteiger partial charge is 0.253 e. The Kier molecular flexibility index (Phi) is 4.01. The molecule has 0 unspecified atom stereocenters. The Morgan fingerprint density at radius 2 is 2.16 bits per heavy atom. The van der Waals surface area contributed by atoms with Crippen molar-refractivity contribution < 1.29 is 9.90 Å². The van der Waals surface area contributed by atoms with Crippen LogP contribution >= 0.6 is 0 Å². The Morgan fingerprint density at radius 3 is 2.96 bits per heavy atom. The SMILES string of the molecule is Cc1nc2ccc(C(=O)N3CC[C@H](O)[C@@H](n4ccnc4)CC3)cc2[nH]1. The molecule has 0 bridgehead atoms. The fourth-order valence-electron chi connectivity index (χ4n) is 3.54. The fraction of sp³-hybridized carbons (Fsp3) is 0.389. The van der Waals surface area contributed by atoms with E-state index in [1.807, 2.05) is 40.8 Å². The Labute approximate surface area is 145 Å². The summed E-state index contributed by atoms with van der Waals surface area (Å²) in [5.74, 6) is 0.827. The average Bonchev–Trinajstić information content (AvgIpc) is 3.20. The molecule has 1 amide bonds. The summed E-state index contributed by atoms with van der Waals surface area (Å²) in [4.78, 5) is 26.3. The van der Waals surface area contributed by atoms with Gasteiger partial charge in [0.2, 0.25) is 0 Å². The highest BCUT2D eigenvalue weighted by Crippen LogP contribution is 2.24. The highest BCUT2D eigenvalue weighted by atomic mass is 16.3. The van der Waals surface area contributed by atoms with Crippen LogP contribution in [-0.4, -0.2) is 54.6 Å². The van der Waals surface area contributed by atoms with Crippen molar-refractivity contribution in [2.24, 2.45) is 0 Å². The summed E-state index contributed by atoms with van der Waals surface area (Å²) >= 11 is 0. The molecule has 1 saturated heterocycles. The van der Waals surface area contributed by atoms with Crippen LogP contribution in [-0.2, 0) is 0 Å². The first-order valence-corrected chi connectivity index (χ1v) is 8.53. The van der Waals surface area contributed by atoms with Crippen LogP contribution in [0.4, 0.5) is 0 Å². The molecule has 3 heterocycles. The van der Waals surface area contributed by atoms with E-state index in [4.69, 9.17) is 0 Å². The van der Waals surface area contributed by atoms with Crippen molar-refractivity contribution in [1.29, 1.82) is 0 Å². The molecule has 1 fully saturated rings. The zero-order valence-corrected chi connectivity index (χ0v) is 14.1. The van der Waals surface area contributed by atoms with Gasteiger partial charge in [0.25, 0.3) is 5.91 Å². The summed E-state index contributed by atoms with van der Waals surface area (Å²) in [6, 6.07) is 5.50. The van der Waals surface area contributed by atoms with E-state index in [1.165, 1.54) is 0 Å². The van der Waals surface area contributed by atoms with Crippen LogP contribution in [0.25, 0.3) is 11.0 Å². The molecule has 0 saturated carbocycles. The van der Waals surface area contributed by atoms with Crippen molar-refractivity contribution in [3.05, 3.63) is 48.3 Å². The second-order valence-corrected chi connectivity index (χ2v) is 6.57. The van der Waals surface area contributed by atoms with Crippen LogP contribution in [0, 0.1) is 6.92 Å². The molecule has 1 aliphatic heterocycles. The number of nitrogens with zero attached hydrogens (tertiary/aromatic N) is 4. The monoisotopic (exact) mass is 339 g/mol. The lowest BCUT2D eigenvalue weighted by Gasteiger charge is -2.21. The highest BCUT2D eigenvalue weighted by Gasteiger charge is 2.28. The number of likely N-dealkylation sites (tertiary alicyclic amines) is 1. The van der Waals surface area contributed by atoms with E-state index in [2.05, 4.69) is 15.0 Å². The van der Waals surface area contributed by atoms with Crippen molar-refractivity contribution in [3.63, 3.8) is 0 Å². The Hall–Kier alpha value is -2.67. The number of aliphatic hydroxyl groups excluding tert-OH is 1. The van der Waals surface area contributed by atoms with Gasteiger partial charge in [-0.2, -0.15) is 0 Å². The molecule has 7 heteroatoms. The third-order valence-corrected chi connectivity index (χ3v) is 4.88. The number of hydrogen-bond acceptors (Lipinski definition) is 4. The largest absolute Gasteiger partial charge is 0.391 e. The summed E-state index contributed by atoms with van der Waals surface area (Å²) in [6.07, 6.45) is 6.07. The predicted octanol–water partition coefficient (Wildman–Crippen LogP) is 1.91. The Balaban J connectivity index is 1.53. The van der Waals surface area contributed by atoms with E-state index in [0.717, 1.165) is 16.9 Å². The molecule has 0 spiro atoms. The quantitative estimate of drug-likeness (QED) is 0.746. The number of imidazole rings is 2. The number of carbonyl (C=O) groups excluding carboxylic acids is 1. The summed E-state index contributed by atoms with van der Waals surface area (Å²) in [5.41, 5.74) is 2.38. The molecule has 2 N–H and O–H groups in total. The van der Waals surface area contributed by atoms with Crippen molar-refractivity contribution in [2.75, 3.05) is 13.1 Å². The van der Waals surface area contributed by atoms with Crippen molar-refractivity contribution in [1.82, 2.24) is 24.4 Å². The number of aliphatic hydroxyl groups is 1. The predicted molar refractivity (Wildman–Crippen MR) is 93.2 cm³/mol. The van der Waals surface area contributed by atoms with E-state index in [9.17, 15) is 9.90 Å². The van der Waals surface area contributed by atoms with Gasteiger partial charge >= 0.3 is 0 Å². The molecule has 0 radical (unpaired) electrons. The van der Waals surface area contributed by atoms with E-state index < -0.39 is 6.10 Å². The number of aromatic nitrogens is 4. The maximum Gasteiger partial charge on any atom is 0.253 e. The molecule has 2 aromatic heterocycles. The summed E-state index contributed by atoms with van der Waals surface area (Å²) in [5, 5.41) is 10.4. The minimum Gasteiger partial charge on any atom is -0.391 e. The van der Waals surface area contributed by atoms with Gasteiger partial charge in [-0.05, 0) is 38.0 Å². The van der Waals surface area contributed by atoms with E-state index >= 15 is 0 Å². The lowest BCUT2D eigenvalue weighted by molar-refractivity contribution is 0.0751. The van der Waals surface area contributed by atoms with Crippen LogP contribution < -0.4 is 0 Å². The van der Waals surface area contributed by atoms with Crippen LogP contribution in [0.1, 0.15) is 35.1 Å². The molecule has 1 aliphatic rings. The topological polar surface area (TPSA) is 87.0 Å².